The largest absolute Gasteiger partial charge is 0.477 e. The molecule has 0 unspecified atom stereocenters. The van der Waals surface area contributed by atoms with E-state index in [1.807, 2.05) is 32.1 Å². The predicted molar refractivity (Wildman–Crippen MR) is 299 cm³/mol. The van der Waals surface area contributed by atoms with Crippen LogP contribution in [-0.4, -0.2) is 113 Å². The summed E-state index contributed by atoms with van der Waals surface area (Å²) in [5.41, 5.74) is 6.01. The fraction of sp³-hybridized carbons (Fsp3) is 0.518. The van der Waals surface area contributed by atoms with Gasteiger partial charge in [-0.15, -0.1) is 0 Å². The number of nitrogens with zero attached hydrogens (tertiary/aromatic N) is 2. The van der Waals surface area contributed by atoms with E-state index in [9.17, 15) is 43.2 Å². The lowest BCUT2D eigenvalue weighted by molar-refractivity contribution is -0.153. The number of ketones is 1. The maximum atomic E-state index is 12.8. The highest BCUT2D eigenvalue weighted by molar-refractivity contribution is 6.76. The van der Waals surface area contributed by atoms with Crippen molar-refractivity contribution in [3.05, 3.63) is 107 Å². The molecule has 0 radical (unpaired) electrons. The van der Waals surface area contributed by atoms with Crippen LogP contribution in [0.5, 0.6) is 0 Å². The highest BCUT2D eigenvalue weighted by atomic mass is 28.3. The number of aromatic nitrogens is 2. The second-order valence-corrected chi connectivity index (χ2v) is 25.5. The van der Waals surface area contributed by atoms with Crippen molar-refractivity contribution in [3.8, 4) is 0 Å². The van der Waals surface area contributed by atoms with E-state index in [4.69, 9.17) is 29.8 Å². The number of ether oxygens (including phenoxy) is 4. The Morgan fingerprint density at radius 2 is 1.24 bits per heavy atom. The van der Waals surface area contributed by atoms with E-state index in [-0.39, 0.29) is 53.9 Å². The number of carboxylic acids is 1. The number of alkyl carbamates (subject to hydrolysis) is 1. The van der Waals surface area contributed by atoms with Crippen LogP contribution < -0.4 is 27.0 Å². The van der Waals surface area contributed by atoms with Crippen molar-refractivity contribution in [2.45, 2.75) is 183 Å². The molecule has 2 heterocycles. The van der Waals surface area contributed by atoms with E-state index < -0.39 is 79.7 Å². The van der Waals surface area contributed by atoms with E-state index in [0.29, 0.717) is 12.3 Å². The predicted octanol–water partition coefficient (Wildman–Crippen LogP) is 7.73. The number of pyridine rings is 2. The molecule has 0 saturated carbocycles. The molecule has 22 heteroatoms. The molecule has 0 bridgehead atoms. The summed E-state index contributed by atoms with van der Waals surface area (Å²) in [7, 11) is -1.22. The molecule has 0 fully saturated rings. The Bertz CT molecular complexity index is 2420. The van der Waals surface area contributed by atoms with Crippen molar-refractivity contribution in [3.63, 3.8) is 0 Å². The van der Waals surface area contributed by atoms with Crippen LogP contribution in [0.3, 0.4) is 0 Å². The second-order valence-electron chi connectivity index (χ2n) is 19.9. The number of esters is 3. The smallest absolute Gasteiger partial charge is 0.407 e. The van der Waals surface area contributed by atoms with Gasteiger partial charge in [0.1, 0.15) is 58.5 Å². The molecule has 2 aromatic rings. The summed E-state index contributed by atoms with van der Waals surface area (Å²) in [6.45, 7) is 25.8. The van der Waals surface area contributed by atoms with Crippen molar-refractivity contribution in [2.24, 2.45) is 5.73 Å². The Morgan fingerprint density at radius 1 is 0.744 bits per heavy atom. The Morgan fingerprint density at radius 3 is 1.71 bits per heavy atom. The number of rotatable bonds is 27. The zero-order valence-electron chi connectivity index (χ0n) is 48.0. The van der Waals surface area contributed by atoms with Crippen LogP contribution in [0.15, 0.2) is 84.2 Å². The van der Waals surface area contributed by atoms with Gasteiger partial charge in [0.25, 0.3) is 17.7 Å². The highest BCUT2D eigenvalue weighted by Gasteiger charge is 2.25. The van der Waals surface area contributed by atoms with Crippen LogP contribution >= 0.6 is 0 Å². The third kappa shape index (κ3) is 33.0. The molecule has 0 spiro atoms. The van der Waals surface area contributed by atoms with Gasteiger partial charge in [0.05, 0.1) is 25.3 Å². The minimum Gasteiger partial charge on any atom is -0.477 e. The van der Waals surface area contributed by atoms with Gasteiger partial charge in [0, 0.05) is 20.2 Å². The molecule has 78 heavy (non-hydrogen) atoms. The molecule has 432 valence electrons. The molecule has 2 aromatic heterocycles. The monoisotopic (exact) mass is 1110 g/mol. The number of aryl methyl sites for hydroxylation is 1. The van der Waals surface area contributed by atoms with Gasteiger partial charge in [0.15, 0.2) is 0 Å². The Kier molecular flexibility index (Phi) is 33.9. The summed E-state index contributed by atoms with van der Waals surface area (Å²) in [6.07, 6.45) is 12.2. The average Bonchev–Trinajstić information content (AvgIpc) is 3.35. The number of nitrogens with two attached hydrogens (primary N) is 1. The number of carboxylic acid groups (broad SMARTS) is 1. The van der Waals surface area contributed by atoms with Crippen molar-refractivity contribution in [1.29, 1.82) is 0 Å². The third-order valence-electron chi connectivity index (χ3n) is 9.99. The topological polar surface area (TPSA) is 311 Å². The number of amides is 4. The van der Waals surface area contributed by atoms with Gasteiger partial charge < -0.3 is 51.1 Å². The molecular formula is C56H85N7O14Si. The van der Waals surface area contributed by atoms with Gasteiger partial charge in [-0.1, -0.05) is 89.7 Å². The number of nitrogens with one attached hydrogen (secondary N) is 4. The highest BCUT2D eigenvalue weighted by Crippen LogP contribution is 2.12. The molecule has 0 aromatic carbocycles. The molecule has 0 aliphatic rings. The lowest BCUT2D eigenvalue weighted by Crippen LogP contribution is -2.44. The van der Waals surface area contributed by atoms with Gasteiger partial charge in [-0.05, 0) is 117 Å². The SMILES string of the molecule is C/C=C(/NC(=O)c1cccc(CC)n1)C(=O)O.C/C=C(\NC(=O)c1cccc(CNC(=O)OC(C)(C)C)n1)C(=O)N[C@@H](C)C(=O)O[C@H](/C=C/CCC)CC(C)=O.CCC/C=C/[C@H](CC(=O)OCC[Si](C)(C)C)OC(=O)[C@H](C)N. The lowest BCUT2D eigenvalue weighted by atomic mass is 10.1. The standard InChI is InChI=1S/C28H40N4O7.C16H31NO4Si.C12H14N2O3/c1-8-10-11-14-21(16-18(3)33)38-26(36)19(4)30-24(34)22(9-2)32-25(35)23-15-12-13-20(31-23)17-29-27(37)39-28(5,6)7;1-6-7-8-9-14(21-16(19)13(2)17)12-15(18)20-10-11-22(3,4)5;1-3-8-6-5-7-10(13-8)11(15)14-9(4-2)12(16)17/h9,11-15,19,21H,8,10,16-17H2,1-7H3,(H,29,37)(H,30,34)(H,32,35);8-9,13-14H,6-7,10-12,17H2,1-5H3;4-7H,3H2,1-2H3,(H,14,15)(H,16,17)/b14-11+,22-9-;9-8+;9-4+/t19-,21+;13-,14+;/m00./s1. The molecule has 0 aliphatic carbocycles. The van der Waals surface area contributed by atoms with Crippen LogP contribution in [0.1, 0.15) is 147 Å². The van der Waals surface area contributed by atoms with Crippen LogP contribution in [-0.2, 0) is 60.7 Å². The minimum atomic E-state index is -1.22. The van der Waals surface area contributed by atoms with Gasteiger partial charge in [-0.2, -0.15) is 0 Å². The van der Waals surface area contributed by atoms with Crippen molar-refractivity contribution in [1.82, 2.24) is 31.2 Å². The summed E-state index contributed by atoms with van der Waals surface area (Å²) >= 11 is 0. The van der Waals surface area contributed by atoms with Gasteiger partial charge >= 0.3 is 30.0 Å². The van der Waals surface area contributed by atoms with Gasteiger partial charge in [0.2, 0.25) is 0 Å². The summed E-state index contributed by atoms with van der Waals surface area (Å²) in [5, 5.41) is 18.6. The lowest BCUT2D eigenvalue weighted by Gasteiger charge is -2.19. The first-order chi connectivity index (χ1) is 36.5. The summed E-state index contributed by atoms with van der Waals surface area (Å²) in [5.74, 6) is -4.77. The number of allylic oxidation sites excluding steroid dienone is 4. The first kappa shape index (κ1) is 70.7. The van der Waals surface area contributed by atoms with Crippen LogP contribution in [0, 0.1) is 0 Å². The second kappa shape index (κ2) is 37.4. The van der Waals surface area contributed by atoms with Crippen molar-refractivity contribution in [2.75, 3.05) is 6.61 Å². The molecule has 0 saturated heterocycles. The summed E-state index contributed by atoms with van der Waals surface area (Å²) in [4.78, 5) is 116. The fourth-order valence-electron chi connectivity index (χ4n) is 5.81. The fourth-order valence-corrected chi connectivity index (χ4v) is 6.53. The summed E-state index contributed by atoms with van der Waals surface area (Å²) < 4.78 is 21.0. The Labute approximate surface area is 461 Å². The number of hydrogen-bond acceptors (Lipinski definition) is 16. The third-order valence-corrected chi connectivity index (χ3v) is 11.7. The molecule has 4 amide bonds. The maximum Gasteiger partial charge on any atom is 0.407 e. The number of carbonyl (C=O) groups excluding carboxylic acids is 8. The number of carbonyl (C=O) groups is 9. The van der Waals surface area contributed by atoms with Gasteiger partial charge in [-0.25, -0.2) is 24.4 Å². The molecule has 0 aliphatic heterocycles. The normalized spacial score (nSPS) is 13.2. The van der Waals surface area contributed by atoms with Crippen molar-refractivity contribution >= 4 is 61.5 Å². The van der Waals surface area contributed by atoms with Crippen LogP contribution in [0.4, 0.5) is 4.79 Å². The zero-order chi connectivity index (χ0) is 59.6. The number of unbranched alkanes of at least 4 members (excludes halogenated alkanes) is 2. The number of Topliss-reactive ketones (excluding diaryl/α,β-unsaturated/α-hetero) is 1. The molecule has 21 nitrogen and oxygen atoms in total. The van der Waals surface area contributed by atoms with E-state index in [0.717, 1.165) is 43.8 Å². The molecule has 7 N–H and O–H groups in total. The van der Waals surface area contributed by atoms with Gasteiger partial charge in [-0.3, -0.25) is 28.8 Å². The molecule has 2 rings (SSSR count). The number of aliphatic carboxylic acids is 1. The first-order valence-corrected chi connectivity index (χ1v) is 29.7. The molecular weight excluding hydrogens is 1020 g/mol. The van der Waals surface area contributed by atoms with E-state index >= 15 is 0 Å². The van der Waals surface area contributed by atoms with E-state index in [1.54, 1.807) is 78.0 Å². The van der Waals surface area contributed by atoms with Crippen molar-refractivity contribution < 1.29 is 67.2 Å². The van der Waals surface area contributed by atoms with E-state index in [1.165, 1.54) is 32.1 Å². The zero-order valence-corrected chi connectivity index (χ0v) is 49.0. The first-order valence-electron chi connectivity index (χ1n) is 26.0. The quantitative estimate of drug-likeness (QED) is 0.0164. The molecule has 4 atom stereocenters. The van der Waals surface area contributed by atoms with E-state index in [2.05, 4.69) is 57.8 Å². The summed E-state index contributed by atoms with van der Waals surface area (Å²) in [6, 6.07) is 8.93. The Balaban J connectivity index is 0.00000127. The average molecular weight is 1110 g/mol. The maximum absolute atomic E-state index is 12.8. The number of hydrogen-bond donors (Lipinski definition) is 6. The van der Waals surface area contributed by atoms with Crippen LogP contribution in [0.2, 0.25) is 25.7 Å². The minimum absolute atomic E-state index is 0.0176. The van der Waals surface area contributed by atoms with Crippen LogP contribution in [0.25, 0.3) is 0 Å². The Hall–Kier alpha value is -7.33.